The first-order valence-corrected chi connectivity index (χ1v) is 8.74. The molecule has 1 fully saturated rings. The maximum Gasteiger partial charge on any atom is 0.0576 e. The maximum absolute atomic E-state index is 4.65. The van der Waals surface area contributed by atoms with Crippen molar-refractivity contribution in [2.45, 2.75) is 52.5 Å². The average Bonchev–Trinajstić information content (AvgIpc) is 2.40. The number of aromatic nitrogens is 1. The van der Waals surface area contributed by atoms with Crippen LogP contribution in [0.3, 0.4) is 0 Å². The van der Waals surface area contributed by atoms with Crippen molar-refractivity contribution in [3.8, 4) is 0 Å². The van der Waals surface area contributed by atoms with Gasteiger partial charge in [0.1, 0.15) is 0 Å². The molecule has 20 heavy (non-hydrogen) atoms. The molecule has 0 aromatic carbocycles. The molecule has 3 heteroatoms. The zero-order valence-electron chi connectivity index (χ0n) is 12.9. The summed E-state index contributed by atoms with van der Waals surface area (Å²) in [4.78, 5) is 4.65. The Hall–Kier alpha value is -0.410. The molecule has 1 aliphatic rings. The number of hydrogen-bond donors (Lipinski definition) is 1. The van der Waals surface area contributed by atoms with Gasteiger partial charge < -0.3 is 5.32 Å². The van der Waals surface area contributed by atoms with E-state index < -0.39 is 0 Å². The van der Waals surface area contributed by atoms with E-state index in [1.165, 1.54) is 31.4 Å². The highest BCUT2D eigenvalue weighted by atomic mass is 79.9. The van der Waals surface area contributed by atoms with Crippen molar-refractivity contribution in [3.63, 3.8) is 0 Å². The molecule has 112 valence electrons. The smallest absolute Gasteiger partial charge is 0.0576 e. The second-order valence-corrected chi connectivity index (χ2v) is 7.43. The van der Waals surface area contributed by atoms with Crippen LogP contribution in [-0.4, -0.2) is 11.5 Å². The summed E-state index contributed by atoms with van der Waals surface area (Å²) in [6.07, 6.45) is 7.12. The Bertz CT molecular complexity index is 394. The molecule has 2 nitrogen and oxygen atoms in total. The standard InChI is InChI=1S/C17H27BrN2/c1-4-7-19-17(16-6-5-15(18)11-20-16)14-9-12(2)8-13(3)10-14/h5-6,11-14,17,19H,4,7-10H2,1-3H3. The fraction of sp³-hybridized carbons (Fsp3) is 0.706. The predicted molar refractivity (Wildman–Crippen MR) is 88.6 cm³/mol. The summed E-state index contributed by atoms with van der Waals surface area (Å²) < 4.78 is 1.06. The lowest BCUT2D eigenvalue weighted by Gasteiger charge is -2.36. The summed E-state index contributed by atoms with van der Waals surface area (Å²) in [5, 5.41) is 3.74. The fourth-order valence-corrected chi connectivity index (χ4v) is 3.90. The van der Waals surface area contributed by atoms with Crippen molar-refractivity contribution in [1.82, 2.24) is 10.3 Å². The molecule has 0 bridgehead atoms. The number of hydrogen-bond acceptors (Lipinski definition) is 2. The van der Waals surface area contributed by atoms with Crippen molar-refractivity contribution in [1.29, 1.82) is 0 Å². The highest BCUT2D eigenvalue weighted by molar-refractivity contribution is 9.10. The lowest BCUT2D eigenvalue weighted by atomic mass is 9.73. The van der Waals surface area contributed by atoms with Crippen LogP contribution in [0.2, 0.25) is 0 Å². The van der Waals surface area contributed by atoms with Gasteiger partial charge in [0.25, 0.3) is 0 Å². The van der Waals surface area contributed by atoms with E-state index in [1.54, 1.807) is 0 Å². The van der Waals surface area contributed by atoms with Gasteiger partial charge in [-0.2, -0.15) is 0 Å². The van der Waals surface area contributed by atoms with Crippen LogP contribution >= 0.6 is 15.9 Å². The van der Waals surface area contributed by atoms with Gasteiger partial charge in [-0.25, -0.2) is 0 Å². The Morgan fingerprint density at radius 3 is 2.50 bits per heavy atom. The first kappa shape index (κ1) is 16.0. The minimum Gasteiger partial charge on any atom is -0.308 e. The van der Waals surface area contributed by atoms with Gasteiger partial charge in [0, 0.05) is 10.7 Å². The first-order chi connectivity index (χ1) is 9.60. The molecule has 0 saturated heterocycles. The van der Waals surface area contributed by atoms with Gasteiger partial charge >= 0.3 is 0 Å². The minimum absolute atomic E-state index is 0.410. The van der Waals surface area contributed by atoms with Gasteiger partial charge in [-0.1, -0.05) is 20.8 Å². The number of nitrogens with one attached hydrogen (secondary N) is 1. The number of nitrogens with zero attached hydrogens (tertiary/aromatic N) is 1. The Balaban J connectivity index is 2.15. The van der Waals surface area contributed by atoms with Gasteiger partial charge in [-0.15, -0.1) is 0 Å². The number of pyridine rings is 1. The molecule has 1 aromatic heterocycles. The molecule has 3 unspecified atom stereocenters. The Morgan fingerprint density at radius 2 is 1.95 bits per heavy atom. The van der Waals surface area contributed by atoms with Crippen LogP contribution in [0.5, 0.6) is 0 Å². The molecule has 3 atom stereocenters. The van der Waals surface area contributed by atoms with Crippen LogP contribution < -0.4 is 5.32 Å². The molecule has 2 rings (SSSR count). The van der Waals surface area contributed by atoms with Crippen molar-refractivity contribution in [2.24, 2.45) is 17.8 Å². The molecule has 1 saturated carbocycles. The molecule has 0 aliphatic heterocycles. The fourth-order valence-electron chi connectivity index (χ4n) is 3.67. The van der Waals surface area contributed by atoms with E-state index in [1.807, 2.05) is 6.20 Å². The van der Waals surface area contributed by atoms with E-state index in [4.69, 9.17) is 0 Å². The van der Waals surface area contributed by atoms with E-state index in [9.17, 15) is 0 Å². The van der Waals surface area contributed by atoms with Gasteiger partial charge in [0.05, 0.1) is 11.7 Å². The molecule has 0 spiro atoms. The van der Waals surface area contributed by atoms with E-state index in [2.05, 4.69) is 59.1 Å². The zero-order chi connectivity index (χ0) is 14.5. The van der Waals surface area contributed by atoms with Gasteiger partial charge in [-0.05, 0) is 78.0 Å². The van der Waals surface area contributed by atoms with Crippen LogP contribution in [0.25, 0.3) is 0 Å². The first-order valence-electron chi connectivity index (χ1n) is 7.95. The molecule has 0 amide bonds. The molecule has 1 N–H and O–H groups in total. The molecular formula is C17H27BrN2. The highest BCUT2D eigenvalue weighted by Gasteiger charge is 2.31. The van der Waals surface area contributed by atoms with E-state index >= 15 is 0 Å². The topological polar surface area (TPSA) is 24.9 Å². The van der Waals surface area contributed by atoms with Gasteiger partial charge in [0.2, 0.25) is 0 Å². The second kappa shape index (κ2) is 7.56. The summed E-state index contributed by atoms with van der Waals surface area (Å²) in [5.74, 6) is 2.39. The molecule has 1 heterocycles. The van der Waals surface area contributed by atoms with Crippen LogP contribution in [0.4, 0.5) is 0 Å². The third-order valence-corrected chi connectivity index (χ3v) is 4.84. The van der Waals surface area contributed by atoms with Gasteiger partial charge in [0.15, 0.2) is 0 Å². The monoisotopic (exact) mass is 338 g/mol. The Labute approximate surface area is 131 Å². The summed E-state index contributed by atoms with van der Waals surface area (Å²) in [6.45, 7) is 8.09. The highest BCUT2D eigenvalue weighted by Crippen LogP contribution is 2.39. The van der Waals surface area contributed by atoms with E-state index in [0.717, 1.165) is 22.9 Å². The number of halogens is 1. The average molecular weight is 339 g/mol. The molecule has 1 aromatic rings. The van der Waals surface area contributed by atoms with Crippen molar-refractivity contribution in [3.05, 3.63) is 28.5 Å². The van der Waals surface area contributed by atoms with Crippen molar-refractivity contribution < 1.29 is 0 Å². The third kappa shape index (κ3) is 4.29. The van der Waals surface area contributed by atoms with Crippen LogP contribution in [0.15, 0.2) is 22.8 Å². The van der Waals surface area contributed by atoms with Gasteiger partial charge in [-0.3, -0.25) is 4.98 Å². The Morgan fingerprint density at radius 1 is 1.25 bits per heavy atom. The van der Waals surface area contributed by atoms with Crippen molar-refractivity contribution >= 4 is 15.9 Å². The van der Waals surface area contributed by atoms with Crippen LogP contribution in [0, 0.1) is 17.8 Å². The lowest BCUT2D eigenvalue weighted by molar-refractivity contribution is 0.174. The van der Waals surface area contributed by atoms with E-state index in [-0.39, 0.29) is 0 Å². The zero-order valence-corrected chi connectivity index (χ0v) is 14.5. The number of rotatable bonds is 5. The summed E-state index contributed by atoms with van der Waals surface area (Å²) in [6, 6.07) is 4.69. The largest absolute Gasteiger partial charge is 0.308 e. The van der Waals surface area contributed by atoms with E-state index in [0.29, 0.717) is 12.0 Å². The minimum atomic E-state index is 0.410. The van der Waals surface area contributed by atoms with Crippen molar-refractivity contribution in [2.75, 3.05) is 6.54 Å². The maximum atomic E-state index is 4.65. The quantitative estimate of drug-likeness (QED) is 0.820. The molecule has 0 radical (unpaired) electrons. The molecule has 1 aliphatic carbocycles. The molecular weight excluding hydrogens is 312 g/mol. The third-order valence-electron chi connectivity index (χ3n) is 4.37. The summed E-state index contributed by atoms with van der Waals surface area (Å²) in [5.41, 5.74) is 1.20. The SMILES string of the molecule is CCCNC(c1ccc(Br)cn1)C1CC(C)CC(C)C1. The second-order valence-electron chi connectivity index (χ2n) is 6.51. The summed E-state index contributed by atoms with van der Waals surface area (Å²) in [7, 11) is 0. The Kier molecular flexibility index (Phi) is 6.03. The summed E-state index contributed by atoms with van der Waals surface area (Å²) >= 11 is 3.48. The normalized spacial score (nSPS) is 28.3. The van der Waals surface area contributed by atoms with Crippen LogP contribution in [0.1, 0.15) is 58.2 Å². The van der Waals surface area contributed by atoms with Crippen LogP contribution in [-0.2, 0) is 0 Å². The predicted octanol–water partition coefficient (Wildman–Crippen LogP) is 4.96. The lowest BCUT2D eigenvalue weighted by Crippen LogP contribution is -2.34.